The molecule has 1 aromatic heterocycles. The average Bonchev–Trinajstić information content (AvgIpc) is 2.88. The van der Waals surface area contributed by atoms with E-state index in [1.165, 1.54) is 0 Å². The van der Waals surface area contributed by atoms with Gasteiger partial charge < -0.3 is 19.6 Å². The highest BCUT2D eigenvalue weighted by atomic mass is 16.5. The fraction of sp³-hybridized carbons (Fsp3) is 0.464. The van der Waals surface area contributed by atoms with Gasteiger partial charge in [-0.25, -0.2) is 9.97 Å². The van der Waals surface area contributed by atoms with Gasteiger partial charge in [-0.3, -0.25) is 4.79 Å². The summed E-state index contributed by atoms with van der Waals surface area (Å²) < 4.78 is 5.22. The minimum Gasteiger partial charge on any atom is -0.507 e. The van der Waals surface area contributed by atoms with Gasteiger partial charge >= 0.3 is 5.97 Å². The van der Waals surface area contributed by atoms with E-state index in [4.69, 9.17) is 14.7 Å². The Morgan fingerprint density at radius 3 is 2.49 bits per heavy atom. The molecule has 0 amide bonds. The molecule has 1 N–H and O–H groups in total. The number of aromatic nitrogens is 2. The Kier molecular flexibility index (Phi) is 6.86. The molecule has 2 aliphatic rings. The molecule has 0 unspecified atom stereocenters. The zero-order valence-electron chi connectivity index (χ0n) is 20.6. The number of likely N-dealkylation sites (tertiary alicyclic amines) is 1. The van der Waals surface area contributed by atoms with Crippen LogP contribution in [0.5, 0.6) is 5.75 Å². The summed E-state index contributed by atoms with van der Waals surface area (Å²) in [6.07, 6.45) is 3.90. The van der Waals surface area contributed by atoms with Crippen LogP contribution in [0.25, 0.3) is 22.3 Å². The number of rotatable bonds is 5. The number of piperidine rings is 2. The number of benzene rings is 2. The lowest BCUT2D eigenvalue weighted by Gasteiger charge is -2.41. The number of phenols is 1. The molecular weight excluding hydrogens is 440 g/mol. The maximum atomic E-state index is 12.1. The van der Waals surface area contributed by atoms with Gasteiger partial charge in [0.05, 0.1) is 23.6 Å². The highest BCUT2D eigenvalue weighted by Crippen LogP contribution is 2.34. The van der Waals surface area contributed by atoms with Gasteiger partial charge in [-0.15, -0.1) is 0 Å². The fourth-order valence-corrected chi connectivity index (χ4v) is 5.45. The molecule has 7 nitrogen and oxygen atoms in total. The Morgan fingerprint density at radius 2 is 1.77 bits per heavy atom. The SMILES string of the molecule is CCOC(=O)C1CCN(C2CCN(c3nc(-c4ccccc4O)nc4cc(C)ccc34)CC2)CC1. The Labute approximate surface area is 206 Å². The van der Waals surface area contributed by atoms with Crippen LogP contribution in [0.4, 0.5) is 5.82 Å². The maximum Gasteiger partial charge on any atom is 0.309 e. The smallest absolute Gasteiger partial charge is 0.309 e. The number of carbonyl (C=O) groups is 1. The normalized spacial score (nSPS) is 18.2. The molecule has 2 saturated heterocycles. The molecule has 35 heavy (non-hydrogen) atoms. The number of aryl methyl sites for hydroxylation is 1. The highest BCUT2D eigenvalue weighted by molar-refractivity contribution is 5.92. The van der Waals surface area contributed by atoms with E-state index in [1.54, 1.807) is 6.07 Å². The van der Waals surface area contributed by atoms with Crippen LogP contribution in [0.3, 0.4) is 0 Å². The molecule has 2 aromatic carbocycles. The van der Waals surface area contributed by atoms with Crippen LogP contribution in [-0.4, -0.2) is 64.8 Å². The molecule has 2 fully saturated rings. The molecule has 0 atom stereocenters. The van der Waals surface area contributed by atoms with Crippen LogP contribution in [0.15, 0.2) is 42.5 Å². The highest BCUT2D eigenvalue weighted by Gasteiger charge is 2.32. The standard InChI is InChI=1S/C28H34N4O3/c1-3-35-28(34)20-10-14-31(15-11-20)21-12-16-32(17-13-21)27-22-9-8-19(2)18-24(22)29-26(30-27)23-6-4-5-7-25(23)33/h4-9,18,20-21,33H,3,10-17H2,1-2H3. The molecule has 7 heteroatoms. The number of ether oxygens (including phenoxy) is 1. The first kappa shape index (κ1) is 23.5. The van der Waals surface area contributed by atoms with Crippen molar-refractivity contribution in [1.82, 2.24) is 14.9 Å². The quantitative estimate of drug-likeness (QED) is 0.543. The first-order valence-electron chi connectivity index (χ1n) is 12.8. The van der Waals surface area contributed by atoms with Crippen LogP contribution in [0, 0.1) is 12.8 Å². The van der Waals surface area contributed by atoms with Crippen LogP contribution < -0.4 is 4.90 Å². The minimum absolute atomic E-state index is 0.0342. The van der Waals surface area contributed by atoms with Crippen molar-refractivity contribution in [3.63, 3.8) is 0 Å². The predicted octanol–water partition coefficient (Wildman–Crippen LogP) is 4.55. The van der Waals surface area contributed by atoms with E-state index < -0.39 is 0 Å². The molecule has 2 aliphatic heterocycles. The van der Waals surface area contributed by atoms with E-state index >= 15 is 0 Å². The van der Waals surface area contributed by atoms with Gasteiger partial charge in [-0.05, 0) is 82.4 Å². The van der Waals surface area contributed by atoms with Gasteiger partial charge in [0.25, 0.3) is 0 Å². The third-order valence-electron chi connectivity index (χ3n) is 7.41. The second-order valence-electron chi connectivity index (χ2n) is 9.69. The van der Waals surface area contributed by atoms with Crippen LogP contribution in [-0.2, 0) is 9.53 Å². The average molecular weight is 475 g/mol. The minimum atomic E-state index is -0.0342. The molecule has 5 rings (SSSR count). The molecule has 184 valence electrons. The van der Waals surface area contributed by atoms with Crippen molar-refractivity contribution in [3.8, 4) is 17.1 Å². The molecule has 0 bridgehead atoms. The summed E-state index contributed by atoms with van der Waals surface area (Å²) in [5.41, 5.74) is 2.70. The number of phenolic OH excluding ortho intramolecular Hbond substituents is 1. The Balaban J connectivity index is 1.33. The first-order valence-corrected chi connectivity index (χ1v) is 12.8. The number of carbonyl (C=O) groups excluding carboxylic acids is 1. The summed E-state index contributed by atoms with van der Waals surface area (Å²) in [7, 11) is 0. The van der Waals surface area contributed by atoms with Crippen LogP contribution in [0.1, 0.15) is 38.2 Å². The number of fused-ring (bicyclic) bond motifs is 1. The monoisotopic (exact) mass is 474 g/mol. The molecule has 3 heterocycles. The van der Waals surface area contributed by atoms with E-state index in [9.17, 15) is 9.90 Å². The van der Waals surface area contributed by atoms with Crippen molar-refractivity contribution in [2.45, 2.75) is 45.6 Å². The Morgan fingerprint density at radius 1 is 1.03 bits per heavy atom. The lowest BCUT2D eigenvalue weighted by Crippen LogP contribution is -2.48. The number of nitrogens with zero attached hydrogens (tertiary/aromatic N) is 4. The van der Waals surface area contributed by atoms with Crippen LogP contribution >= 0.6 is 0 Å². The molecule has 0 aliphatic carbocycles. The molecular formula is C28H34N4O3. The van der Waals surface area contributed by atoms with Crippen molar-refractivity contribution in [3.05, 3.63) is 48.0 Å². The third-order valence-corrected chi connectivity index (χ3v) is 7.41. The zero-order valence-corrected chi connectivity index (χ0v) is 20.6. The third kappa shape index (κ3) is 4.96. The summed E-state index contributed by atoms with van der Waals surface area (Å²) in [5, 5.41) is 11.5. The van der Waals surface area contributed by atoms with Gasteiger partial charge in [0, 0.05) is 24.5 Å². The number of hydrogen-bond donors (Lipinski definition) is 1. The van der Waals surface area contributed by atoms with E-state index in [2.05, 4.69) is 34.9 Å². The van der Waals surface area contributed by atoms with Crippen molar-refractivity contribution in [2.75, 3.05) is 37.7 Å². The van der Waals surface area contributed by atoms with Crippen molar-refractivity contribution < 1.29 is 14.6 Å². The second kappa shape index (κ2) is 10.2. The lowest BCUT2D eigenvalue weighted by atomic mass is 9.93. The maximum absolute atomic E-state index is 12.1. The summed E-state index contributed by atoms with van der Waals surface area (Å²) >= 11 is 0. The van der Waals surface area contributed by atoms with Gasteiger partial charge in [0.2, 0.25) is 0 Å². The molecule has 0 radical (unpaired) electrons. The second-order valence-corrected chi connectivity index (χ2v) is 9.69. The Hall–Kier alpha value is -3.19. The van der Waals surface area contributed by atoms with Crippen molar-refractivity contribution in [1.29, 1.82) is 0 Å². The number of anilines is 1. The lowest BCUT2D eigenvalue weighted by molar-refractivity contribution is -0.149. The topological polar surface area (TPSA) is 78.8 Å². The summed E-state index contributed by atoms with van der Waals surface area (Å²) in [4.78, 5) is 26.8. The number of para-hydroxylation sites is 1. The van der Waals surface area contributed by atoms with Gasteiger partial charge in [0.15, 0.2) is 5.82 Å². The zero-order chi connectivity index (χ0) is 24.4. The molecule has 0 spiro atoms. The number of hydrogen-bond acceptors (Lipinski definition) is 7. The van der Waals surface area contributed by atoms with Crippen LogP contribution in [0.2, 0.25) is 0 Å². The summed E-state index contributed by atoms with van der Waals surface area (Å²) in [6, 6.07) is 14.1. The van der Waals surface area contributed by atoms with Gasteiger partial charge in [0.1, 0.15) is 11.6 Å². The van der Waals surface area contributed by atoms with E-state index in [0.29, 0.717) is 24.0 Å². The number of aromatic hydroxyl groups is 1. The number of esters is 1. The van der Waals surface area contributed by atoms with Gasteiger partial charge in [-0.1, -0.05) is 18.2 Å². The summed E-state index contributed by atoms with van der Waals surface area (Å²) in [5.74, 6) is 1.70. The van der Waals surface area contributed by atoms with E-state index in [0.717, 1.165) is 74.1 Å². The van der Waals surface area contributed by atoms with Crippen molar-refractivity contribution in [2.24, 2.45) is 5.92 Å². The molecule has 0 saturated carbocycles. The van der Waals surface area contributed by atoms with E-state index in [1.807, 2.05) is 25.1 Å². The fourth-order valence-electron chi connectivity index (χ4n) is 5.45. The van der Waals surface area contributed by atoms with E-state index in [-0.39, 0.29) is 17.6 Å². The summed E-state index contributed by atoms with van der Waals surface area (Å²) in [6.45, 7) is 8.15. The molecule has 3 aromatic rings. The van der Waals surface area contributed by atoms with Gasteiger partial charge in [-0.2, -0.15) is 0 Å². The first-order chi connectivity index (χ1) is 17.0. The van der Waals surface area contributed by atoms with Crippen molar-refractivity contribution >= 4 is 22.7 Å². The Bertz CT molecular complexity index is 1200. The largest absolute Gasteiger partial charge is 0.507 e. The predicted molar refractivity (Wildman–Crippen MR) is 138 cm³/mol.